The largest absolute Gasteiger partial charge is 0.385 e. The molecule has 0 amide bonds. The molecule has 1 N–H and O–H groups in total. The Balaban J connectivity index is 1.98. The quantitative estimate of drug-likeness (QED) is 0.640. The third kappa shape index (κ3) is 6.77. The molecule has 1 rings (SSSR count). The fraction of sp³-hybridized carbons (Fsp3) is 0.625. The first-order valence-corrected chi connectivity index (χ1v) is 7.09. The molecular formula is C16H27NO. The predicted molar refractivity (Wildman–Crippen MR) is 78.1 cm³/mol. The van der Waals surface area contributed by atoms with Gasteiger partial charge in [-0.1, -0.05) is 37.3 Å². The molecule has 0 spiro atoms. The molecule has 0 aliphatic carbocycles. The van der Waals surface area contributed by atoms with Gasteiger partial charge in [0.1, 0.15) is 0 Å². The summed E-state index contributed by atoms with van der Waals surface area (Å²) in [5.41, 5.74) is 1.44. The van der Waals surface area contributed by atoms with Crippen LogP contribution in [0.4, 0.5) is 0 Å². The fourth-order valence-electron chi connectivity index (χ4n) is 2.06. The Kier molecular flexibility index (Phi) is 8.53. The molecule has 18 heavy (non-hydrogen) atoms. The number of hydrogen-bond acceptors (Lipinski definition) is 2. The smallest absolute Gasteiger partial charge is 0.0462 e. The lowest BCUT2D eigenvalue weighted by Crippen LogP contribution is -2.18. The van der Waals surface area contributed by atoms with Gasteiger partial charge in [-0.2, -0.15) is 0 Å². The maximum absolute atomic E-state index is 5.03. The van der Waals surface area contributed by atoms with Crippen molar-refractivity contribution in [3.8, 4) is 0 Å². The van der Waals surface area contributed by atoms with Crippen molar-refractivity contribution in [2.75, 3.05) is 26.8 Å². The van der Waals surface area contributed by atoms with Gasteiger partial charge in [0, 0.05) is 13.7 Å². The van der Waals surface area contributed by atoms with E-state index in [2.05, 4.69) is 42.6 Å². The van der Waals surface area contributed by atoms with Gasteiger partial charge in [-0.15, -0.1) is 0 Å². The average molecular weight is 249 g/mol. The van der Waals surface area contributed by atoms with Crippen molar-refractivity contribution in [3.63, 3.8) is 0 Å². The molecule has 0 aliphatic rings. The molecule has 0 heterocycles. The molecule has 0 radical (unpaired) electrons. The van der Waals surface area contributed by atoms with Crippen molar-refractivity contribution in [1.29, 1.82) is 0 Å². The van der Waals surface area contributed by atoms with Gasteiger partial charge < -0.3 is 10.1 Å². The summed E-state index contributed by atoms with van der Waals surface area (Å²) < 4.78 is 5.03. The number of nitrogens with one attached hydrogen (secondary N) is 1. The first kappa shape index (κ1) is 15.2. The molecule has 0 aliphatic heterocycles. The number of methoxy groups -OCH3 is 1. The van der Waals surface area contributed by atoms with Gasteiger partial charge >= 0.3 is 0 Å². The molecule has 0 aromatic heterocycles. The van der Waals surface area contributed by atoms with E-state index in [1.807, 2.05) is 0 Å². The van der Waals surface area contributed by atoms with E-state index in [9.17, 15) is 0 Å². The second-order valence-electron chi connectivity index (χ2n) is 4.90. The van der Waals surface area contributed by atoms with E-state index >= 15 is 0 Å². The maximum Gasteiger partial charge on any atom is 0.0462 e. The number of ether oxygens (including phenoxy) is 1. The lowest BCUT2D eigenvalue weighted by Gasteiger charge is -2.12. The monoisotopic (exact) mass is 249 g/mol. The van der Waals surface area contributed by atoms with Crippen LogP contribution >= 0.6 is 0 Å². The minimum Gasteiger partial charge on any atom is -0.385 e. The molecule has 1 unspecified atom stereocenters. The molecule has 0 saturated heterocycles. The van der Waals surface area contributed by atoms with Crippen LogP contribution in [0, 0.1) is 0 Å². The van der Waals surface area contributed by atoms with Gasteiger partial charge in [0.25, 0.3) is 0 Å². The fourth-order valence-corrected chi connectivity index (χ4v) is 2.06. The zero-order valence-corrected chi connectivity index (χ0v) is 11.8. The van der Waals surface area contributed by atoms with Crippen molar-refractivity contribution < 1.29 is 4.74 Å². The van der Waals surface area contributed by atoms with Crippen molar-refractivity contribution in [1.82, 2.24) is 5.32 Å². The number of unbranched alkanes of at least 4 members (excludes halogenated alkanes) is 2. The van der Waals surface area contributed by atoms with Crippen molar-refractivity contribution in [2.24, 2.45) is 0 Å². The maximum atomic E-state index is 5.03. The third-order valence-corrected chi connectivity index (χ3v) is 3.32. The zero-order chi connectivity index (χ0) is 13.1. The average Bonchev–Trinajstić information content (AvgIpc) is 2.42. The van der Waals surface area contributed by atoms with E-state index in [1.54, 1.807) is 7.11 Å². The van der Waals surface area contributed by atoms with Gasteiger partial charge in [0.05, 0.1) is 0 Å². The molecule has 102 valence electrons. The summed E-state index contributed by atoms with van der Waals surface area (Å²) in [7, 11) is 1.77. The Morgan fingerprint density at radius 3 is 2.56 bits per heavy atom. The van der Waals surface area contributed by atoms with Gasteiger partial charge in [0.2, 0.25) is 0 Å². The van der Waals surface area contributed by atoms with E-state index in [1.165, 1.54) is 31.2 Å². The molecule has 2 nitrogen and oxygen atoms in total. The number of rotatable bonds is 10. The van der Waals surface area contributed by atoms with Crippen LogP contribution in [0.1, 0.15) is 44.1 Å². The molecular weight excluding hydrogens is 222 g/mol. The summed E-state index contributed by atoms with van der Waals surface area (Å²) in [6.07, 6.45) is 4.90. The summed E-state index contributed by atoms with van der Waals surface area (Å²) in [5.74, 6) is 0.646. The van der Waals surface area contributed by atoms with E-state index in [0.29, 0.717) is 5.92 Å². The first-order chi connectivity index (χ1) is 8.84. The van der Waals surface area contributed by atoms with Crippen LogP contribution in [-0.2, 0) is 4.74 Å². The molecule has 1 atom stereocenters. The second kappa shape index (κ2) is 10.1. The van der Waals surface area contributed by atoms with Crippen LogP contribution in [0.25, 0.3) is 0 Å². The van der Waals surface area contributed by atoms with Gasteiger partial charge in [0.15, 0.2) is 0 Å². The SMILES string of the molecule is COCCCCCNCCC(C)c1ccccc1. The highest BCUT2D eigenvalue weighted by Gasteiger charge is 2.03. The lowest BCUT2D eigenvalue weighted by molar-refractivity contribution is 0.192. The van der Waals surface area contributed by atoms with E-state index in [4.69, 9.17) is 4.74 Å². The normalized spacial score (nSPS) is 12.6. The van der Waals surface area contributed by atoms with E-state index in [0.717, 1.165) is 19.7 Å². The topological polar surface area (TPSA) is 21.3 Å². The van der Waals surface area contributed by atoms with Crippen molar-refractivity contribution >= 4 is 0 Å². The minimum absolute atomic E-state index is 0.646. The summed E-state index contributed by atoms with van der Waals surface area (Å²) in [6, 6.07) is 10.8. The summed E-state index contributed by atoms with van der Waals surface area (Å²) in [6.45, 7) is 5.44. The Labute approximate surface area is 112 Å². The molecule has 0 saturated carbocycles. The van der Waals surface area contributed by atoms with Crippen LogP contribution in [0.5, 0.6) is 0 Å². The summed E-state index contributed by atoms with van der Waals surface area (Å²) in [4.78, 5) is 0. The zero-order valence-electron chi connectivity index (χ0n) is 11.8. The molecule has 0 fully saturated rings. The molecule has 1 aromatic rings. The standard InChI is InChI=1S/C16H27NO/c1-15(16-9-5-3-6-10-16)11-13-17-12-7-4-8-14-18-2/h3,5-6,9-10,15,17H,4,7-8,11-14H2,1-2H3. The lowest BCUT2D eigenvalue weighted by atomic mass is 9.98. The summed E-state index contributed by atoms with van der Waals surface area (Å²) in [5, 5.41) is 3.52. The minimum atomic E-state index is 0.646. The Bertz CT molecular complexity index is 286. The second-order valence-corrected chi connectivity index (χ2v) is 4.90. The van der Waals surface area contributed by atoms with Crippen LogP contribution in [0.3, 0.4) is 0 Å². The summed E-state index contributed by atoms with van der Waals surface area (Å²) >= 11 is 0. The van der Waals surface area contributed by atoms with Crippen LogP contribution in [0.15, 0.2) is 30.3 Å². The molecule has 2 heteroatoms. The highest BCUT2D eigenvalue weighted by atomic mass is 16.5. The van der Waals surface area contributed by atoms with E-state index < -0.39 is 0 Å². The third-order valence-electron chi connectivity index (χ3n) is 3.32. The number of benzene rings is 1. The van der Waals surface area contributed by atoms with Gasteiger partial charge in [-0.05, 0) is 50.3 Å². The van der Waals surface area contributed by atoms with Crippen molar-refractivity contribution in [3.05, 3.63) is 35.9 Å². The van der Waals surface area contributed by atoms with E-state index in [-0.39, 0.29) is 0 Å². The first-order valence-electron chi connectivity index (χ1n) is 7.09. The van der Waals surface area contributed by atoms with Crippen LogP contribution in [0.2, 0.25) is 0 Å². The Morgan fingerprint density at radius 2 is 1.83 bits per heavy atom. The van der Waals surface area contributed by atoms with Gasteiger partial charge in [-0.3, -0.25) is 0 Å². The Hall–Kier alpha value is -0.860. The molecule has 0 bridgehead atoms. The van der Waals surface area contributed by atoms with Crippen molar-refractivity contribution in [2.45, 2.75) is 38.5 Å². The Morgan fingerprint density at radius 1 is 1.06 bits per heavy atom. The highest BCUT2D eigenvalue weighted by Crippen LogP contribution is 2.17. The highest BCUT2D eigenvalue weighted by molar-refractivity contribution is 5.18. The molecule has 1 aromatic carbocycles. The van der Waals surface area contributed by atoms with Crippen LogP contribution in [-0.4, -0.2) is 26.8 Å². The predicted octanol–water partition coefficient (Wildman–Crippen LogP) is 3.59. The van der Waals surface area contributed by atoms with Crippen LogP contribution < -0.4 is 5.32 Å². The number of hydrogen-bond donors (Lipinski definition) is 1. The van der Waals surface area contributed by atoms with Gasteiger partial charge in [-0.25, -0.2) is 0 Å².